The zero-order valence-electron chi connectivity index (χ0n) is 11.8. The van der Waals surface area contributed by atoms with Crippen LogP contribution in [0.1, 0.15) is 48.4 Å². The highest BCUT2D eigenvalue weighted by Gasteiger charge is 2.09. The van der Waals surface area contributed by atoms with Crippen LogP contribution in [-0.2, 0) is 0 Å². The van der Waals surface area contributed by atoms with Gasteiger partial charge >= 0.3 is 0 Å². The van der Waals surface area contributed by atoms with Crippen LogP contribution in [0.4, 0.5) is 0 Å². The molecule has 0 heterocycles. The fourth-order valence-electron chi connectivity index (χ4n) is 2.15. The Morgan fingerprint density at radius 2 is 2.00 bits per heavy atom. The van der Waals surface area contributed by atoms with E-state index in [-0.39, 0.29) is 0 Å². The zero-order chi connectivity index (χ0) is 13.7. The van der Waals surface area contributed by atoms with Crippen molar-refractivity contribution in [1.29, 1.82) is 5.26 Å². The lowest BCUT2D eigenvalue weighted by Gasteiger charge is -2.17. The first-order valence-corrected chi connectivity index (χ1v) is 6.38. The van der Waals surface area contributed by atoms with Gasteiger partial charge < -0.3 is 5.32 Å². The normalized spacial score (nSPS) is 10.2. The van der Waals surface area contributed by atoms with E-state index in [0.29, 0.717) is 18.9 Å². The molecule has 2 heteroatoms. The molecular formula is C16H22N2. The van der Waals surface area contributed by atoms with Crippen molar-refractivity contribution in [3.05, 3.63) is 41.0 Å². The van der Waals surface area contributed by atoms with Crippen molar-refractivity contribution in [2.45, 2.75) is 40.0 Å². The SMILES string of the molecule is C=C(NCCC#N)c1cc(C)c(C(C)C)cc1C. The van der Waals surface area contributed by atoms with E-state index >= 15 is 0 Å². The summed E-state index contributed by atoms with van der Waals surface area (Å²) >= 11 is 0. The van der Waals surface area contributed by atoms with Crippen LogP contribution in [0.25, 0.3) is 5.70 Å². The third kappa shape index (κ3) is 3.37. The second kappa shape index (κ2) is 6.26. The average molecular weight is 242 g/mol. The molecule has 1 aromatic rings. The monoisotopic (exact) mass is 242 g/mol. The Balaban J connectivity index is 2.94. The lowest BCUT2D eigenvalue weighted by molar-refractivity contribution is 0.850. The highest BCUT2D eigenvalue weighted by molar-refractivity contribution is 5.66. The number of aryl methyl sites for hydroxylation is 2. The minimum Gasteiger partial charge on any atom is -0.384 e. The van der Waals surface area contributed by atoms with Crippen LogP contribution >= 0.6 is 0 Å². The third-order valence-corrected chi connectivity index (χ3v) is 3.14. The summed E-state index contributed by atoms with van der Waals surface area (Å²) < 4.78 is 0. The second-order valence-corrected chi connectivity index (χ2v) is 4.99. The minimum absolute atomic E-state index is 0.501. The zero-order valence-corrected chi connectivity index (χ0v) is 11.8. The van der Waals surface area contributed by atoms with E-state index < -0.39 is 0 Å². The number of nitriles is 1. The average Bonchev–Trinajstić information content (AvgIpc) is 2.31. The first-order valence-electron chi connectivity index (χ1n) is 6.38. The van der Waals surface area contributed by atoms with Crippen LogP contribution in [-0.4, -0.2) is 6.54 Å². The van der Waals surface area contributed by atoms with Crippen molar-refractivity contribution < 1.29 is 0 Å². The molecule has 96 valence electrons. The summed E-state index contributed by atoms with van der Waals surface area (Å²) in [5, 5.41) is 11.7. The molecule has 0 amide bonds. The Morgan fingerprint density at radius 1 is 1.33 bits per heavy atom. The molecule has 0 spiro atoms. The van der Waals surface area contributed by atoms with Crippen LogP contribution in [0.5, 0.6) is 0 Å². The fraction of sp³-hybridized carbons (Fsp3) is 0.438. The van der Waals surface area contributed by atoms with Gasteiger partial charge in [0, 0.05) is 17.8 Å². The van der Waals surface area contributed by atoms with Crippen LogP contribution < -0.4 is 5.32 Å². The van der Waals surface area contributed by atoms with E-state index in [1.807, 2.05) is 0 Å². The fourth-order valence-corrected chi connectivity index (χ4v) is 2.15. The lowest BCUT2D eigenvalue weighted by atomic mass is 9.92. The molecule has 0 aliphatic rings. The van der Waals surface area contributed by atoms with Gasteiger partial charge in [-0.1, -0.05) is 26.5 Å². The molecule has 0 saturated carbocycles. The highest BCUT2D eigenvalue weighted by Crippen LogP contribution is 2.25. The van der Waals surface area contributed by atoms with E-state index in [2.05, 4.69) is 57.8 Å². The van der Waals surface area contributed by atoms with Gasteiger partial charge in [0.2, 0.25) is 0 Å². The van der Waals surface area contributed by atoms with E-state index in [4.69, 9.17) is 5.26 Å². The molecule has 2 nitrogen and oxygen atoms in total. The van der Waals surface area contributed by atoms with Gasteiger partial charge in [0.1, 0.15) is 0 Å². The van der Waals surface area contributed by atoms with Crippen LogP contribution in [0.3, 0.4) is 0 Å². The summed E-state index contributed by atoms with van der Waals surface area (Å²) in [6, 6.07) is 6.55. The molecule has 1 rings (SSSR count). The van der Waals surface area contributed by atoms with E-state index in [1.54, 1.807) is 0 Å². The molecule has 0 aliphatic carbocycles. The van der Waals surface area contributed by atoms with Crippen molar-refractivity contribution in [3.8, 4) is 6.07 Å². The quantitative estimate of drug-likeness (QED) is 0.795. The van der Waals surface area contributed by atoms with Gasteiger partial charge in [-0.3, -0.25) is 0 Å². The number of hydrogen-bond donors (Lipinski definition) is 1. The van der Waals surface area contributed by atoms with Crippen LogP contribution in [0.2, 0.25) is 0 Å². The summed E-state index contributed by atoms with van der Waals surface area (Å²) in [5.74, 6) is 0.539. The largest absolute Gasteiger partial charge is 0.384 e. The van der Waals surface area contributed by atoms with Crippen molar-refractivity contribution in [2.75, 3.05) is 6.54 Å². The minimum atomic E-state index is 0.501. The molecule has 18 heavy (non-hydrogen) atoms. The number of nitrogens with one attached hydrogen (secondary N) is 1. The van der Waals surface area contributed by atoms with Gasteiger partial charge in [-0.25, -0.2) is 0 Å². The standard InChI is InChI=1S/C16H22N2/c1-11(2)15-9-13(4)16(10-12(15)3)14(5)18-8-6-7-17/h9-11,18H,5-6,8H2,1-4H3. The predicted octanol–water partition coefficient (Wildman–Crippen LogP) is 3.90. The molecule has 0 saturated heterocycles. The molecular weight excluding hydrogens is 220 g/mol. The molecule has 0 fully saturated rings. The summed E-state index contributed by atoms with van der Waals surface area (Å²) in [6.07, 6.45) is 0.501. The summed E-state index contributed by atoms with van der Waals surface area (Å²) in [4.78, 5) is 0. The molecule has 0 aliphatic heterocycles. The van der Waals surface area contributed by atoms with Gasteiger partial charge in [0.15, 0.2) is 0 Å². The molecule has 1 aromatic carbocycles. The smallest absolute Gasteiger partial charge is 0.0640 e. The maximum Gasteiger partial charge on any atom is 0.0640 e. The Morgan fingerprint density at radius 3 is 2.56 bits per heavy atom. The molecule has 0 radical (unpaired) electrons. The van der Waals surface area contributed by atoms with Gasteiger partial charge in [-0.2, -0.15) is 5.26 Å². The molecule has 0 unspecified atom stereocenters. The van der Waals surface area contributed by atoms with E-state index in [0.717, 1.165) is 11.3 Å². The van der Waals surface area contributed by atoms with Crippen molar-refractivity contribution in [3.63, 3.8) is 0 Å². The van der Waals surface area contributed by atoms with Gasteiger partial charge in [-0.05, 0) is 42.5 Å². The van der Waals surface area contributed by atoms with Gasteiger partial charge in [0.05, 0.1) is 12.5 Å². The molecule has 0 atom stereocenters. The predicted molar refractivity (Wildman–Crippen MR) is 77.3 cm³/mol. The maximum absolute atomic E-state index is 8.53. The van der Waals surface area contributed by atoms with Crippen molar-refractivity contribution in [2.24, 2.45) is 0 Å². The van der Waals surface area contributed by atoms with Crippen LogP contribution in [0.15, 0.2) is 18.7 Å². The van der Waals surface area contributed by atoms with Crippen molar-refractivity contribution >= 4 is 5.70 Å². The number of benzene rings is 1. The lowest BCUT2D eigenvalue weighted by Crippen LogP contribution is -2.13. The van der Waals surface area contributed by atoms with E-state index in [1.165, 1.54) is 16.7 Å². The topological polar surface area (TPSA) is 35.8 Å². The number of rotatable bonds is 5. The van der Waals surface area contributed by atoms with Crippen LogP contribution in [0, 0.1) is 25.2 Å². The Labute approximate surface area is 110 Å². The first-order chi connectivity index (χ1) is 8.47. The highest BCUT2D eigenvalue weighted by atomic mass is 14.9. The van der Waals surface area contributed by atoms with Gasteiger partial charge in [-0.15, -0.1) is 0 Å². The maximum atomic E-state index is 8.53. The molecule has 0 aromatic heterocycles. The second-order valence-electron chi connectivity index (χ2n) is 4.99. The number of nitrogens with zero attached hydrogens (tertiary/aromatic N) is 1. The summed E-state index contributed by atoms with van der Waals surface area (Å²) in [6.45, 7) is 13.4. The Kier molecular flexibility index (Phi) is 4.97. The van der Waals surface area contributed by atoms with Crippen molar-refractivity contribution in [1.82, 2.24) is 5.32 Å². The third-order valence-electron chi connectivity index (χ3n) is 3.14. The van der Waals surface area contributed by atoms with Gasteiger partial charge in [0.25, 0.3) is 0 Å². The summed E-state index contributed by atoms with van der Waals surface area (Å²) in [7, 11) is 0. The molecule has 1 N–H and O–H groups in total. The van der Waals surface area contributed by atoms with E-state index in [9.17, 15) is 0 Å². The molecule has 0 bridgehead atoms. The first kappa shape index (κ1) is 14.3. The Bertz CT molecular complexity index is 479. The summed E-state index contributed by atoms with van der Waals surface area (Å²) in [5.41, 5.74) is 5.98. The number of hydrogen-bond acceptors (Lipinski definition) is 2. The Hall–Kier alpha value is -1.75.